The Bertz CT molecular complexity index is 1220. The molecule has 3 N–H and O–H groups in total. The molecule has 2 aromatic heterocycles. The van der Waals surface area contributed by atoms with Crippen molar-refractivity contribution in [3.63, 3.8) is 0 Å². The SMILES string of the molecule is CC(C)(Cc1cc(C2CCCN2C(=O)Cc2ccc(NC(=O)Nc3ccccc3)nc2)no1)C(=O)O. The zero-order valence-corrected chi connectivity index (χ0v) is 20.2. The maximum atomic E-state index is 13.1. The predicted octanol–water partition coefficient (Wildman–Crippen LogP) is 4.27. The molecule has 3 amide bonds. The second kappa shape index (κ2) is 10.6. The Morgan fingerprint density at radius 1 is 1.14 bits per heavy atom. The van der Waals surface area contributed by atoms with Gasteiger partial charge in [0.15, 0.2) is 0 Å². The van der Waals surface area contributed by atoms with Crippen LogP contribution in [0.1, 0.15) is 49.7 Å². The lowest BCUT2D eigenvalue weighted by Crippen LogP contribution is -2.32. The molecule has 1 aliphatic heterocycles. The van der Waals surface area contributed by atoms with Gasteiger partial charge in [0.1, 0.15) is 17.3 Å². The average Bonchev–Trinajstić information content (AvgIpc) is 3.50. The lowest BCUT2D eigenvalue weighted by atomic mass is 9.88. The third kappa shape index (κ3) is 6.07. The predicted molar refractivity (Wildman–Crippen MR) is 132 cm³/mol. The van der Waals surface area contributed by atoms with Crippen molar-refractivity contribution in [2.75, 3.05) is 17.2 Å². The molecule has 1 unspecified atom stereocenters. The zero-order valence-electron chi connectivity index (χ0n) is 20.2. The number of pyridine rings is 1. The van der Waals surface area contributed by atoms with Crippen molar-refractivity contribution in [1.82, 2.24) is 15.0 Å². The summed E-state index contributed by atoms with van der Waals surface area (Å²) >= 11 is 0. The van der Waals surface area contributed by atoms with E-state index < -0.39 is 17.4 Å². The monoisotopic (exact) mass is 491 g/mol. The number of nitrogens with zero attached hydrogens (tertiary/aromatic N) is 3. The largest absolute Gasteiger partial charge is 0.481 e. The first kappa shape index (κ1) is 24.9. The van der Waals surface area contributed by atoms with E-state index in [0.29, 0.717) is 29.5 Å². The Morgan fingerprint density at radius 2 is 1.92 bits per heavy atom. The van der Waals surface area contributed by atoms with Gasteiger partial charge in [0.2, 0.25) is 5.91 Å². The maximum absolute atomic E-state index is 13.1. The fourth-order valence-electron chi connectivity index (χ4n) is 4.13. The Kier molecular flexibility index (Phi) is 7.33. The smallest absolute Gasteiger partial charge is 0.324 e. The molecule has 0 radical (unpaired) electrons. The minimum atomic E-state index is -0.974. The van der Waals surface area contributed by atoms with Crippen molar-refractivity contribution in [3.05, 3.63) is 71.7 Å². The van der Waals surface area contributed by atoms with Crippen LogP contribution in [0.5, 0.6) is 0 Å². The molecule has 3 aromatic rings. The molecule has 0 saturated carbocycles. The van der Waals surface area contributed by atoms with Crippen LogP contribution in [0.2, 0.25) is 0 Å². The van der Waals surface area contributed by atoms with Crippen LogP contribution in [0.3, 0.4) is 0 Å². The second-order valence-corrected chi connectivity index (χ2v) is 9.50. The van der Waals surface area contributed by atoms with Crippen molar-refractivity contribution in [2.24, 2.45) is 5.41 Å². The fraction of sp³-hybridized carbons (Fsp3) is 0.346. The van der Waals surface area contributed by atoms with E-state index in [9.17, 15) is 19.5 Å². The Labute approximate surface area is 208 Å². The highest BCUT2D eigenvalue weighted by Crippen LogP contribution is 2.33. The summed E-state index contributed by atoms with van der Waals surface area (Å²) in [4.78, 5) is 42.6. The first-order chi connectivity index (χ1) is 17.2. The van der Waals surface area contributed by atoms with Gasteiger partial charge in [-0.25, -0.2) is 9.78 Å². The molecule has 0 spiro atoms. The summed E-state index contributed by atoms with van der Waals surface area (Å²) in [6.07, 6.45) is 3.56. The number of carboxylic acid groups (broad SMARTS) is 1. The highest BCUT2D eigenvalue weighted by molar-refractivity contribution is 5.99. The van der Waals surface area contributed by atoms with Crippen LogP contribution in [0.15, 0.2) is 59.3 Å². The number of benzene rings is 1. The lowest BCUT2D eigenvalue weighted by Gasteiger charge is -2.23. The number of amides is 3. The Morgan fingerprint density at radius 3 is 2.61 bits per heavy atom. The minimum absolute atomic E-state index is 0.0581. The van der Waals surface area contributed by atoms with E-state index in [1.54, 1.807) is 55.3 Å². The van der Waals surface area contributed by atoms with Gasteiger partial charge in [-0.1, -0.05) is 29.4 Å². The summed E-state index contributed by atoms with van der Waals surface area (Å²) in [7, 11) is 0. The molecule has 1 fully saturated rings. The number of rotatable bonds is 8. The van der Waals surface area contributed by atoms with Gasteiger partial charge in [0, 0.05) is 30.9 Å². The number of carbonyl (C=O) groups excluding carboxylic acids is 2. The number of nitrogens with one attached hydrogen (secondary N) is 2. The molecule has 1 aromatic carbocycles. The van der Waals surface area contributed by atoms with E-state index in [1.807, 2.05) is 18.2 Å². The summed E-state index contributed by atoms with van der Waals surface area (Å²) in [5.41, 5.74) is 1.06. The van der Waals surface area contributed by atoms with Gasteiger partial charge in [-0.3, -0.25) is 14.9 Å². The van der Waals surface area contributed by atoms with Crippen LogP contribution >= 0.6 is 0 Å². The number of aromatic nitrogens is 2. The molecule has 1 atom stereocenters. The van der Waals surface area contributed by atoms with Crippen LogP contribution in [-0.2, 0) is 22.4 Å². The molecule has 36 heavy (non-hydrogen) atoms. The van der Waals surface area contributed by atoms with Crippen molar-refractivity contribution < 1.29 is 24.0 Å². The molecular weight excluding hydrogens is 462 g/mol. The Hall–Kier alpha value is -4.21. The number of likely N-dealkylation sites (tertiary alicyclic amines) is 1. The summed E-state index contributed by atoms with van der Waals surface area (Å²) < 4.78 is 5.39. The summed E-state index contributed by atoms with van der Waals surface area (Å²) in [6, 6.07) is 13.6. The number of urea groups is 1. The number of hydrogen-bond donors (Lipinski definition) is 3. The van der Waals surface area contributed by atoms with E-state index in [2.05, 4.69) is 20.8 Å². The Balaban J connectivity index is 1.34. The van der Waals surface area contributed by atoms with Crippen LogP contribution in [-0.4, -0.2) is 44.6 Å². The van der Waals surface area contributed by atoms with Gasteiger partial charge >= 0.3 is 12.0 Å². The molecule has 0 aliphatic carbocycles. The minimum Gasteiger partial charge on any atom is -0.481 e. The van der Waals surface area contributed by atoms with E-state index >= 15 is 0 Å². The topological polar surface area (TPSA) is 138 Å². The number of hydrogen-bond acceptors (Lipinski definition) is 6. The standard InChI is InChI=1S/C26H29N5O5/c1-26(2,24(33)34)15-19-14-20(30-36-19)21-9-6-12-31(21)23(32)13-17-10-11-22(27-16-17)29-25(35)28-18-7-4-3-5-8-18/h3-5,7-8,10-11,14,16,21H,6,9,12-13,15H2,1-2H3,(H,33,34)(H2,27,28,29,35). The van der Waals surface area contributed by atoms with Gasteiger partial charge in [0.25, 0.3) is 0 Å². The molecule has 0 bridgehead atoms. The van der Waals surface area contributed by atoms with E-state index in [0.717, 1.165) is 18.4 Å². The second-order valence-electron chi connectivity index (χ2n) is 9.50. The molecule has 1 saturated heterocycles. The number of aliphatic carboxylic acids is 1. The first-order valence-corrected chi connectivity index (χ1v) is 11.8. The summed E-state index contributed by atoms with van der Waals surface area (Å²) in [5, 5.41) is 18.9. The number of carboxylic acids is 1. The van der Waals surface area contributed by atoms with Crippen molar-refractivity contribution in [1.29, 1.82) is 0 Å². The summed E-state index contributed by atoms with van der Waals surface area (Å²) in [6.45, 7) is 3.87. The molecule has 10 heteroatoms. The normalized spacial score (nSPS) is 15.5. The zero-order chi connectivity index (χ0) is 25.7. The van der Waals surface area contributed by atoms with Crippen LogP contribution < -0.4 is 10.6 Å². The van der Waals surface area contributed by atoms with Crippen molar-refractivity contribution in [2.45, 2.75) is 45.6 Å². The van der Waals surface area contributed by atoms with Crippen molar-refractivity contribution >= 4 is 29.4 Å². The van der Waals surface area contributed by atoms with Gasteiger partial charge < -0.3 is 19.8 Å². The van der Waals surface area contributed by atoms with E-state index in [4.69, 9.17) is 4.52 Å². The highest BCUT2D eigenvalue weighted by Gasteiger charge is 2.34. The molecular formula is C26H29N5O5. The molecule has 1 aliphatic rings. The maximum Gasteiger partial charge on any atom is 0.324 e. The van der Waals surface area contributed by atoms with E-state index in [1.165, 1.54) is 0 Å². The number of para-hydroxylation sites is 1. The van der Waals surface area contributed by atoms with Gasteiger partial charge in [-0.05, 0) is 50.5 Å². The molecule has 4 rings (SSSR count). The average molecular weight is 492 g/mol. The van der Waals surface area contributed by atoms with Crippen LogP contribution in [0.4, 0.5) is 16.3 Å². The number of anilines is 2. The first-order valence-electron chi connectivity index (χ1n) is 11.8. The molecule has 188 valence electrons. The van der Waals surface area contributed by atoms with Crippen molar-refractivity contribution in [3.8, 4) is 0 Å². The highest BCUT2D eigenvalue weighted by atomic mass is 16.5. The molecule has 3 heterocycles. The van der Waals surface area contributed by atoms with Crippen LogP contribution in [0, 0.1) is 5.41 Å². The third-order valence-electron chi connectivity index (χ3n) is 6.14. The quantitative estimate of drug-likeness (QED) is 0.428. The van der Waals surface area contributed by atoms with Gasteiger partial charge in [-0.2, -0.15) is 0 Å². The lowest BCUT2D eigenvalue weighted by molar-refractivity contribution is -0.147. The van der Waals surface area contributed by atoms with E-state index in [-0.39, 0.29) is 24.8 Å². The molecule has 10 nitrogen and oxygen atoms in total. The summed E-state index contributed by atoms with van der Waals surface area (Å²) in [5.74, 6) is -0.111. The van der Waals surface area contributed by atoms with Gasteiger partial charge in [0.05, 0.1) is 17.9 Å². The van der Waals surface area contributed by atoms with Crippen LogP contribution in [0.25, 0.3) is 0 Å². The van der Waals surface area contributed by atoms with Gasteiger partial charge in [-0.15, -0.1) is 0 Å². The number of carbonyl (C=O) groups is 3. The third-order valence-corrected chi connectivity index (χ3v) is 6.14. The fourth-order valence-corrected chi connectivity index (χ4v) is 4.13.